The number of benzene rings is 1. The normalized spacial score (nSPS) is 27.8. The molecule has 32 heavy (non-hydrogen) atoms. The quantitative estimate of drug-likeness (QED) is 0.493. The van der Waals surface area contributed by atoms with Gasteiger partial charge in [-0.2, -0.15) is 0 Å². The minimum Gasteiger partial charge on any atom is -0.490 e. The van der Waals surface area contributed by atoms with Gasteiger partial charge < -0.3 is 19.5 Å². The highest BCUT2D eigenvalue weighted by molar-refractivity contribution is 6.32. The summed E-state index contributed by atoms with van der Waals surface area (Å²) in [6.45, 7) is 5.12. The first kappa shape index (κ1) is 23.2. The summed E-state index contributed by atoms with van der Waals surface area (Å²) < 4.78 is 16.5. The van der Waals surface area contributed by atoms with E-state index in [1.807, 2.05) is 13.8 Å². The molecule has 0 spiro atoms. The number of ether oxygens (including phenoxy) is 3. The number of carbonyl (C=O) groups excluding carboxylic acids is 2. The first-order valence-corrected chi connectivity index (χ1v) is 12.3. The van der Waals surface area contributed by atoms with Crippen LogP contribution in [0.3, 0.4) is 0 Å². The summed E-state index contributed by atoms with van der Waals surface area (Å²) in [6, 6.07) is 3.04. The van der Waals surface area contributed by atoms with E-state index < -0.39 is 5.97 Å². The number of hydrogen-bond acceptors (Lipinski definition) is 5. The van der Waals surface area contributed by atoms with Gasteiger partial charge in [0.1, 0.15) is 0 Å². The molecule has 0 aromatic heterocycles. The molecule has 0 unspecified atom stereocenters. The maximum Gasteiger partial charge on any atom is 0.338 e. The third-order valence-electron chi connectivity index (χ3n) is 7.16. The van der Waals surface area contributed by atoms with Gasteiger partial charge in [0.25, 0.3) is 5.91 Å². The molecule has 1 amide bonds. The number of carbonyl (C=O) groups is 2. The second-order valence-electron chi connectivity index (χ2n) is 9.84. The molecule has 0 atom stereocenters. The summed E-state index contributed by atoms with van der Waals surface area (Å²) in [7, 11) is 0. The van der Waals surface area contributed by atoms with E-state index in [0.29, 0.717) is 31.3 Å². The van der Waals surface area contributed by atoms with Gasteiger partial charge in [0.15, 0.2) is 18.1 Å². The Morgan fingerprint density at radius 1 is 1.06 bits per heavy atom. The second kappa shape index (κ2) is 9.90. The van der Waals surface area contributed by atoms with Crippen LogP contribution in [0.2, 0.25) is 5.02 Å². The Bertz CT molecular complexity index is 820. The van der Waals surface area contributed by atoms with Gasteiger partial charge in [-0.05, 0) is 87.2 Å². The second-order valence-corrected chi connectivity index (χ2v) is 10.2. The molecule has 1 aromatic carbocycles. The lowest BCUT2D eigenvalue weighted by molar-refractivity contribution is -0.126. The predicted molar refractivity (Wildman–Crippen MR) is 122 cm³/mol. The monoisotopic (exact) mass is 463 g/mol. The molecule has 4 bridgehead atoms. The molecule has 4 aliphatic rings. The summed E-state index contributed by atoms with van der Waals surface area (Å²) in [5, 5.41) is 3.32. The van der Waals surface area contributed by atoms with E-state index in [-0.39, 0.29) is 28.5 Å². The first-order chi connectivity index (χ1) is 15.4. The molecule has 4 fully saturated rings. The Hall–Kier alpha value is -1.95. The highest BCUT2D eigenvalue weighted by atomic mass is 35.5. The molecule has 0 saturated heterocycles. The molecule has 5 rings (SSSR count). The molecular weight excluding hydrogens is 430 g/mol. The number of hydrogen-bond donors (Lipinski definition) is 1. The van der Waals surface area contributed by atoms with Gasteiger partial charge in [-0.1, -0.05) is 18.5 Å². The van der Waals surface area contributed by atoms with Crippen LogP contribution in [0.1, 0.15) is 69.2 Å². The topological polar surface area (TPSA) is 73.9 Å². The molecule has 1 aromatic rings. The number of esters is 1. The fourth-order valence-corrected chi connectivity index (χ4v) is 6.62. The maximum atomic E-state index is 12.6. The van der Waals surface area contributed by atoms with Gasteiger partial charge in [-0.25, -0.2) is 4.79 Å². The average Bonchev–Trinajstić information content (AvgIpc) is 2.74. The number of amides is 1. The van der Waals surface area contributed by atoms with Crippen LogP contribution in [0.5, 0.6) is 11.5 Å². The van der Waals surface area contributed by atoms with Crippen molar-refractivity contribution in [3.8, 4) is 11.5 Å². The predicted octanol–water partition coefficient (Wildman–Crippen LogP) is 5.02. The molecule has 176 valence electrons. The summed E-state index contributed by atoms with van der Waals surface area (Å²) in [6.07, 6.45) is 8.63. The van der Waals surface area contributed by atoms with E-state index in [1.54, 1.807) is 6.07 Å². The molecule has 6 nitrogen and oxygen atoms in total. The van der Waals surface area contributed by atoms with Crippen LogP contribution in [-0.2, 0) is 9.53 Å². The first-order valence-electron chi connectivity index (χ1n) is 11.9. The van der Waals surface area contributed by atoms with E-state index in [2.05, 4.69) is 5.32 Å². The Kier molecular flexibility index (Phi) is 7.18. The van der Waals surface area contributed by atoms with Crippen molar-refractivity contribution in [2.75, 3.05) is 26.4 Å². The lowest BCUT2D eigenvalue weighted by atomic mass is 9.49. The largest absolute Gasteiger partial charge is 0.490 e. The molecule has 0 aliphatic heterocycles. The third-order valence-corrected chi connectivity index (χ3v) is 7.44. The smallest absolute Gasteiger partial charge is 0.338 e. The average molecular weight is 464 g/mol. The highest BCUT2D eigenvalue weighted by Crippen LogP contribution is 2.59. The molecule has 1 N–H and O–H groups in total. The van der Waals surface area contributed by atoms with Gasteiger partial charge in [0.2, 0.25) is 0 Å². The molecule has 4 saturated carbocycles. The SMILES string of the molecule is CCCOc1c(Cl)cc(C(=O)OCC(=O)NCC23CC4CC(CC(C4)C2)C3)cc1OCC. The Morgan fingerprint density at radius 3 is 2.31 bits per heavy atom. The number of nitrogens with one attached hydrogen (secondary N) is 1. The molecule has 7 heteroatoms. The van der Waals surface area contributed by atoms with E-state index >= 15 is 0 Å². The summed E-state index contributed by atoms with van der Waals surface area (Å²) in [5.74, 6) is 2.46. The van der Waals surface area contributed by atoms with Crippen LogP contribution in [0.25, 0.3) is 0 Å². The fourth-order valence-electron chi connectivity index (χ4n) is 6.35. The molecule has 4 aliphatic carbocycles. The van der Waals surface area contributed by atoms with E-state index in [1.165, 1.54) is 44.6 Å². The van der Waals surface area contributed by atoms with Crippen molar-refractivity contribution in [2.24, 2.45) is 23.2 Å². The molecule has 0 heterocycles. The van der Waals surface area contributed by atoms with E-state index in [4.69, 9.17) is 25.8 Å². The summed E-state index contributed by atoms with van der Waals surface area (Å²) in [5.41, 5.74) is 0.485. The van der Waals surface area contributed by atoms with Gasteiger partial charge in [-0.15, -0.1) is 0 Å². The van der Waals surface area contributed by atoms with Crippen LogP contribution in [0.15, 0.2) is 12.1 Å². The van der Waals surface area contributed by atoms with Gasteiger partial charge in [-0.3, -0.25) is 4.79 Å². The van der Waals surface area contributed by atoms with Crippen LogP contribution < -0.4 is 14.8 Å². The van der Waals surface area contributed by atoms with Crippen LogP contribution in [0.4, 0.5) is 0 Å². The van der Waals surface area contributed by atoms with Crippen molar-refractivity contribution in [3.63, 3.8) is 0 Å². The third kappa shape index (κ3) is 5.16. The number of rotatable bonds is 10. The maximum absolute atomic E-state index is 12.6. The van der Waals surface area contributed by atoms with Crippen LogP contribution >= 0.6 is 11.6 Å². The van der Waals surface area contributed by atoms with Crippen molar-refractivity contribution in [1.82, 2.24) is 5.32 Å². The van der Waals surface area contributed by atoms with E-state index in [9.17, 15) is 9.59 Å². The van der Waals surface area contributed by atoms with Crippen molar-refractivity contribution in [1.29, 1.82) is 0 Å². The minimum absolute atomic E-state index is 0.233. The Labute approximate surface area is 195 Å². The van der Waals surface area contributed by atoms with Gasteiger partial charge in [0, 0.05) is 6.54 Å². The lowest BCUT2D eigenvalue weighted by Crippen LogP contribution is -2.51. The zero-order valence-corrected chi connectivity index (χ0v) is 19.8. The summed E-state index contributed by atoms with van der Waals surface area (Å²) >= 11 is 6.32. The van der Waals surface area contributed by atoms with Crippen molar-refractivity contribution in [3.05, 3.63) is 22.7 Å². The van der Waals surface area contributed by atoms with E-state index in [0.717, 1.165) is 24.2 Å². The molecular formula is C25H34ClNO5. The zero-order valence-electron chi connectivity index (χ0n) is 19.1. The van der Waals surface area contributed by atoms with Crippen LogP contribution in [0, 0.1) is 23.2 Å². The highest BCUT2D eigenvalue weighted by Gasteiger charge is 2.50. The summed E-state index contributed by atoms with van der Waals surface area (Å²) in [4.78, 5) is 25.0. The Balaban J connectivity index is 1.31. The van der Waals surface area contributed by atoms with Gasteiger partial charge >= 0.3 is 5.97 Å². The Morgan fingerprint density at radius 2 is 1.72 bits per heavy atom. The minimum atomic E-state index is -0.611. The van der Waals surface area contributed by atoms with Gasteiger partial charge in [0.05, 0.1) is 23.8 Å². The fraction of sp³-hybridized carbons (Fsp3) is 0.680. The standard InChI is InChI=1S/C25H34ClNO5/c1-3-5-31-23-20(26)9-19(10-21(23)30-4-2)24(29)32-14-22(28)27-15-25-11-16-6-17(12-25)8-18(7-16)13-25/h9-10,16-18H,3-8,11-15H2,1-2H3,(H,27,28). The van der Waals surface area contributed by atoms with Crippen molar-refractivity contribution >= 4 is 23.5 Å². The molecule has 0 radical (unpaired) electrons. The zero-order chi connectivity index (χ0) is 22.7. The number of halogens is 1. The van der Waals surface area contributed by atoms with Crippen molar-refractivity contribution < 1.29 is 23.8 Å². The van der Waals surface area contributed by atoms with Crippen molar-refractivity contribution in [2.45, 2.75) is 58.8 Å². The lowest BCUT2D eigenvalue weighted by Gasteiger charge is -2.56. The van der Waals surface area contributed by atoms with Crippen LogP contribution in [-0.4, -0.2) is 38.2 Å².